The molecule has 1 aliphatic heterocycles. The molecule has 1 aromatic heterocycles. The van der Waals surface area contributed by atoms with Crippen LogP contribution in [0.25, 0.3) is 0 Å². The third kappa shape index (κ3) is 2.15. The maximum Gasteiger partial charge on any atom is 0.242 e. The molecule has 2 aliphatic rings. The Kier molecular flexibility index (Phi) is 2.88. The van der Waals surface area contributed by atoms with Crippen LogP contribution in [0, 0.1) is 5.41 Å². The molecule has 0 spiro atoms. The normalized spacial score (nSPS) is 33.1. The summed E-state index contributed by atoms with van der Waals surface area (Å²) >= 11 is 9.25. The molecular formula is C12H13BrClN3O. The monoisotopic (exact) mass is 329 g/mol. The first-order chi connectivity index (χ1) is 8.48. The highest BCUT2D eigenvalue weighted by atomic mass is 79.9. The van der Waals surface area contributed by atoms with E-state index in [-0.39, 0.29) is 11.9 Å². The molecule has 4 nitrogen and oxygen atoms in total. The molecule has 1 saturated heterocycles. The number of piperidine rings is 1. The van der Waals surface area contributed by atoms with Gasteiger partial charge in [-0.15, -0.1) is 0 Å². The number of halogens is 2. The molecule has 0 aromatic carbocycles. The van der Waals surface area contributed by atoms with Gasteiger partial charge < -0.3 is 10.6 Å². The predicted molar refractivity (Wildman–Crippen MR) is 73.6 cm³/mol. The number of fused-ring (bicyclic) bond motifs is 1. The van der Waals surface area contributed by atoms with E-state index in [1.807, 2.05) is 0 Å². The lowest BCUT2D eigenvalue weighted by atomic mass is 10.0. The number of carbonyl (C=O) groups excluding carboxylic acids is 1. The zero-order chi connectivity index (χ0) is 12.9. The van der Waals surface area contributed by atoms with Crippen LogP contribution in [0.4, 0.5) is 5.82 Å². The number of aromatic nitrogens is 1. The summed E-state index contributed by atoms with van der Waals surface area (Å²) in [5.74, 6) is 0.347. The quantitative estimate of drug-likeness (QED) is 0.820. The molecule has 0 unspecified atom stereocenters. The molecule has 1 amide bonds. The standard InChI is InChI=1S/C12H13BrClN3O/c1-12-4-7(15-8(12)5-12)11(18)17-10-6(14)2-3-9(13)16-10/h2-3,7-8,15H,4-5H2,1H3,(H,16,17,18)/t7-,8+,12-/m0/s1. The number of rotatable bonds is 2. The second-order valence-electron chi connectivity index (χ2n) is 5.29. The third-order valence-corrected chi connectivity index (χ3v) is 4.54. The molecular weight excluding hydrogens is 318 g/mol. The van der Waals surface area contributed by atoms with Crippen molar-refractivity contribution in [3.05, 3.63) is 21.8 Å². The largest absolute Gasteiger partial charge is 0.308 e. The van der Waals surface area contributed by atoms with Crippen LogP contribution in [0.2, 0.25) is 5.02 Å². The molecule has 18 heavy (non-hydrogen) atoms. The van der Waals surface area contributed by atoms with Crippen LogP contribution < -0.4 is 10.6 Å². The van der Waals surface area contributed by atoms with E-state index in [0.29, 0.717) is 26.9 Å². The number of hydrogen-bond donors (Lipinski definition) is 2. The third-order valence-electron chi connectivity index (χ3n) is 3.79. The number of amides is 1. The molecule has 1 saturated carbocycles. The van der Waals surface area contributed by atoms with Gasteiger partial charge in [0.1, 0.15) is 4.60 Å². The second kappa shape index (κ2) is 4.18. The fourth-order valence-electron chi connectivity index (χ4n) is 2.54. The molecule has 2 heterocycles. The van der Waals surface area contributed by atoms with E-state index in [4.69, 9.17) is 11.6 Å². The molecule has 2 fully saturated rings. The first-order valence-electron chi connectivity index (χ1n) is 5.87. The zero-order valence-corrected chi connectivity index (χ0v) is 12.2. The predicted octanol–water partition coefficient (Wildman–Crippen LogP) is 2.58. The Balaban J connectivity index is 1.69. The molecule has 0 bridgehead atoms. The summed E-state index contributed by atoms with van der Waals surface area (Å²) in [6, 6.07) is 3.81. The fraction of sp³-hybridized carbons (Fsp3) is 0.500. The molecule has 3 atom stereocenters. The molecule has 1 aliphatic carbocycles. The highest BCUT2D eigenvalue weighted by Crippen LogP contribution is 2.53. The topological polar surface area (TPSA) is 54.0 Å². The lowest BCUT2D eigenvalue weighted by Gasteiger charge is -2.14. The Morgan fingerprint density at radius 2 is 2.39 bits per heavy atom. The van der Waals surface area contributed by atoms with E-state index in [1.54, 1.807) is 12.1 Å². The van der Waals surface area contributed by atoms with Crippen LogP contribution in [0.5, 0.6) is 0 Å². The number of carbonyl (C=O) groups is 1. The first kappa shape index (κ1) is 12.4. The Morgan fingerprint density at radius 3 is 3.06 bits per heavy atom. The van der Waals surface area contributed by atoms with Gasteiger partial charge in [-0.3, -0.25) is 4.79 Å². The van der Waals surface area contributed by atoms with Gasteiger partial charge in [0.25, 0.3) is 0 Å². The maximum atomic E-state index is 12.1. The molecule has 0 radical (unpaired) electrons. The van der Waals surface area contributed by atoms with E-state index in [0.717, 1.165) is 6.42 Å². The van der Waals surface area contributed by atoms with Crippen LogP contribution in [0.15, 0.2) is 16.7 Å². The van der Waals surface area contributed by atoms with Crippen molar-refractivity contribution in [3.8, 4) is 0 Å². The highest BCUT2D eigenvalue weighted by molar-refractivity contribution is 9.10. The van der Waals surface area contributed by atoms with E-state index in [1.165, 1.54) is 6.42 Å². The zero-order valence-electron chi connectivity index (χ0n) is 9.84. The minimum atomic E-state index is -0.134. The van der Waals surface area contributed by atoms with Crippen LogP contribution in [0.1, 0.15) is 19.8 Å². The van der Waals surface area contributed by atoms with Crippen molar-refractivity contribution >= 4 is 39.3 Å². The van der Waals surface area contributed by atoms with Crippen LogP contribution in [-0.2, 0) is 4.79 Å². The smallest absolute Gasteiger partial charge is 0.242 e. The Morgan fingerprint density at radius 1 is 1.61 bits per heavy atom. The van der Waals surface area contributed by atoms with Gasteiger partial charge in [-0.05, 0) is 46.3 Å². The lowest BCUT2D eigenvalue weighted by Crippen LogP contribution is -2.38. The molecule has 96 valence electrons. The summed E-state index contributed by atoms with van der Waals surface area (Å²) in [6.45, 7) is 2.21. The van der Waals surface area contributed by atoms with Crippen molar-refractivity contribution in [2.24, 2.45) is 5.41 Å². The van der Waals surface area contributed by atoms with E-state index >= 15 is 0 Å². The minimum absolute atomic E-state index is 0.0593. The molecule has 6 heteroatoms. The van der Waals surface area contributed by atoms with Crippen molar-refractivity contribution in [1.82, 2.24) is 10.3 Å². The molecule has 3 rings (SSSR count). The van der Waals surface area contributed by atoms with Gasteiger partial charge in [-0.25, -0.2) is 4.98 Å². The average molecular weight is 331 g/mol. The average Bonchev–Trinajstić information content (AvgIpc) is 2.82. The summed E-state index contributed by atoms with van der Waals surface area (Å²) < 4.78 is 0.649. The summed E-state index contributed by atoms with van der Waals surface area (Å²) in [5.41, 5.74) is 0.316. The van der Waals surface area contributed by atoms with Gasteiger partial charge in [-0.1, -0.05) is 18.5 Å². The van der Waals surface area contributed by atoms with Gasteiger partial charge in [0, 0.05) is 6.04 Å². The van der Waals surface area contributed by atoms with Crippen LogP contribution in [-0.4, -0.2) is 23.0 Å². The number of nitrogens with one attached hydrogen (secondary N) is 2. The Labute approximate surface area is 119 Å². The number of nitrogens with zero attached hydrogens (tertiary/aromatic N) is 1. The fourth-order valence-corrected chi connectivity index (χ4v) is 3.00. The van der Waals surface area contributed by atoms with Crippen molar-refractivity contribution in [2.75, 3.05) is 5.32 Å². The van der Waals surface area contributed by atoms with Gasteiger partial charge >= 0.3 is 0 Å². The van der Waals surface area contributed by atoms with Gasteiger partial charge in [0.05, 0.1) is 11.1 Å². The minimum Gasteiger partial charge on any atom is -0.308 e. The van der Waals surface area contributed by atoms with Crippen molar-refractivity contribution in [1.29, 1.82) is 0 Å². The van der Waals surface area contributed by atoms with Gasteiger partial charge in [0.15, 0.2) is 5.82 Å². The van der Waals surface area contributed by atoms with E-state index in [9.17, 15) is 4.79 Å². The SMILES string of the molecule is C[C@@]12C[C@@H](C(=O)Nc3nc(Br)ccc3Cl)N[C@@H]1C2. The van der Waals surface area contributed by atoms with E-state index < -0.39 is 0 Å². The number of pyridine rings is 1. The van der Waals surface area contributed by atoms with Crippen molar-refractivity contribution in [3.63, 3.8) is 0 Å². The maximum absolute atomic E-state index is 12.1. The summed E-state index contributed by atoms with van der Waals surface area (Å²) in [6.07, 6.45) is 2.06. The molecule has 2 N–H and O–H groups in total. The number of anilines is 1. The lowest BCUT2D eigenvalue weighted by molar-refractivity contribution is -0.118. The van der Waals surface area contributed by atoms with Crippen molar-refractivity contribution in [2.45, 2.75) is 31.8 Å². The number of hydrogen-bond acceptors (Lipinski definition) is 3. The Hall–Kier alpha value is -0.650. The van der Waals surface area contributed by atoms with Gasteiger partial charge in [0.2, 0.25) is 5.91 Å². The van der Waals surface area contributed by atoms with Crippen LogP contribution >= 0.6 is 27.5 Å². The summed E-state index contributed by atoms with van der Waals surface area (Å²) in [4.78, 5) is 16.3. The summed E-state index contributed by atoms with van der Waals surface area (Å²) in [7, 11) is 0. The highest BCUT2D eigenvalue weighted by Gasteiger charge is 2.58. The van der Waals surface area contributed by atoms with Crippen LogP contribution in [0.3, 0.4) is 0 Å². The second-order valence-corrected chi connectivity index (χ2v) is 6.51. The van der Waals surface area contributed by atoms with Crippen molar-refractivity contribution < 1.29 is 4.79 Å². The Bertz CT molecular complexity index is 524. The molecule has 1 aromatic rings. The van der Waals surface area contributed by atoms with Gasteiger partial charge in [-0.2, -0.15) is 0 Å². The van der Waals surface area contributed by atoms with E-state index in [2.05, 4.69) is 38.5 Å². The summed E-state index contributed by atoms with van der Waals surface area (Å²) in [5, 5.41) is 6.55. The first-order valence-corrected chi connectivity index (χ1v) is 7.04.